The van der Waals surface area contributed by atoms with Gasteiger partial charge in [0.1, 0.15) is 5.75 Å². The summed E-state index contributed by atoms with van der Waals surface area (Å²) < 4.78 is 5.77. The van der Waals surface area contributed by atoms with Crippen LogP contribution in [0.1, 0.15) is 34.3 Å². The predicted molar refractivity (Wildman–Crippen MR) is 122 cm³/mol. The number of nitrogens with one attached hydrogen (secondary N) is 1. The van der Waals surface area contributed by atoms with Crippen LogP contribution in [0.4, 0.5) is 5.69 Å². The molecule has 0 saturated carbocycles. The summed E-state index contributed by atoms with van der Waals surface area (Å²) in [5.41, 5.74) is 2.99. The second-order valence-corrected chi connectivity index (χ2v) is 7.03. The molecule has 1 amide bonds. The van der Waals surface area contributed by atoms with E-state index in [1.54, 1.807) is 48.5 Å². The van der Waals surface area contributed by atoms with E-state index in [9.17, 15) is 9.59 Å². The highest BCUT2D eigenvalue weighted by Crippen LogP contribution is 2.19. The van der Waals surface area contributed by atoms with E-state index in [1.165, 1.54) is 11.6 Å². The molecule has 0 radical (unpaired) electrons. The van der Waals surface area contributed by atoms with Crippen LogP contribution < -0.4 is 10.1 Å². The second-order valence-electron chi connectivity index (χ2n) is 7.03. The van der Waals surface area contributed by atoms with E-state index in [-0.39, 0.29) is 5.91 Å². The molecule has 0 unspecified atom stereocenters. The van der Waals surface area contributed by atoms with Crippen molar-refractivity contribution in [3.05, 3.63) is 102 Å². The van der Waals surface area contributed by atoms with Crippen LogP contribution in [-0.4, -0.2) is 23.6 Å². The van der Waals surface area contributed by atoms with Crippen molar-refractivity contribution in [1.82, 2.24) is 0 Å². The predicted octanol–water partition coefficient (Wildman–Crippen LogP) is 5.44. The fourth-order valence-corrected chi connectivity index (χ4v) is 3.08. The Kier molecular flexibility index (Phi) is 8.00. The molecule has 0 aromatic heterocycles. The van der Waals surface area contributed by atoms with Crippen LogP contribution in [0.3, 0.4) is 0 Å². The zero-order valence-electron chi connectivity index (χ0n) is 17.2. The standard InChI is InChI=1S/C26H25NO4/c28-25(29)18-15-21-11-4-5-12-24(21)27-26(30)22-13-16-23(17-14-22)31-19-7-6-10-20-8-2-1-3-9-20/h1-5,8-9,11-18H,6-7,10,19H2,(H,27,30)(H,28,29)/b18-15+. The maximum Gasteiger partial charge on any atom is 0.328 e. The minimum atomic E-state index is -1.04. The van der Waals surface area contributed by atoms with Crippen molar-refractivity contribution >= 4 is 23.6 Å². The number of aryl methyl sites for hydroxylation is 1. The largest absolute Gasteiger partial charge is 0.494 e. The van der Waals surface area contributed by atoms with Gasteiger partial charge in [0.15, 0.2) is 0 Å². The molecule has 0 aliphatic heterocycles. The quantitative estimate of drug-likeness (QED) is 0.342. The molecule has 0 aliphatic carbocycles. The number of benzene rings is 3. The highest BCUT2D eigenvalue weighted by atomic mass is 16.5. The van der Waals surface area contributed by atoms with Gasteiger partial charge < -0.3 is 15.2 Å². The van der Waals surface area contributed by atoms with Gasteiger partial charge in [-0.05, 0) is 66.8 Å². The van der Waals surface area contributed by atoms with E-state index in [4.69, 9.17) is 9.84 Å². The summed E-state index contributed by atoms with van der Waals surface area (Å²) in [5, 5.41) is 11.6. The molecule has 0 heterocycles. The third-order valence-electron chi connectivity index (χ3n) is 4.70. The number of para-hydroxylation sites is 1. The molecule has 5 heteroatoms. The molecule has 0 aliphatic rings. The Labute approximate surface area is 182 Å². The monoisotopic (exact) mass is 415 g/mol. The highest BCUT2D eigenvalue weighted by Gasteiger charge is 2.08. The Balaban J connectivity index is 1.48. The third kappa shape index (κ3) is 7.16. The molecular formula is C26H25NO4. The maximum atomic E-state index is 12.6. The average molecular weight is 415 g/mol. The zero-order chi connectivity index (χ0) is 21.9. The summed E-state index contributed by atoms with van der Waals surface area (Å²) in [5.74, 6) is -0.594. The first kappa shape index (κ1) is 21.8. The van der Waals surface area contributed by atoms with E-state index in [1.807, 2.05) is 6.07 Å². The number of ether oxygens (including phenoxy) is 1. The molecule has 3 aromatic rings. The van der Waals surface area contributed by atoms with Crippen LogP contribution in [0.15, 0.2) is 84.9 Å². The van der Waals surface area contributed by atoms with Crippen molar-refractivity contribution in [2.24, 2.45) is 0 Å². The molecule has 0 saturated heterocycles. The lowest BCUT2D eigenvalue weighted by Gasteiger charge is -2.10. The SMILES string of the molecule is O=C(O)/C=C/c1ccccc1NC(=O)c1ccc(OCCCCc2ccccc2)cc1. The lowest BCUT2D eigenvalue weighted by atomic mass is 10.1. The van der Waals surface area contributed by atoms with Gasteiger partial charge >= 0.3 is 5.97 Å². The molecule has 0 atom stereocenters. The first-order valence-electron chi connectivity index (χ1n) is 10.2. The molecule has 158 valence electrons. The Hall–Kier alpha value is -3.86. The van der Waals surface area contributed by atoms with Crippen molar-refractivity contribution in [1.29, 1.82) is 0 Å². The number of aliphatic carboxylic acids is 1. The van der Waals surface area contributed by atoms with Crippen LogP contribution in [0, 0.1) is 0 Å². The number of carbonyl (C=O) groups excluding carboxylic acids is 1. The van der Waals surface area contributed by atoms with E-state index in [0.29, 0.717) is 23.4 Å². The molecule has 0 spiro atoms. The van der Waals surface area contributed by atoms with Gasteiger partial charge in [0.2, 0.25) is 0 Å². The number of amides is 1. The van der Waals surface area contributed by atoms with Crippen molar-refractivity contribution < 1.29 is 19.4 Å². The van der Waals surface area contributed by atoms with Gasteiger partial charge in [-0.2, -0.15) is 0 Å². The van der Waals surface area contributed by atoms with E-state index < -0.39 is 5.97 Å². The van der Waals surface area contributed by atoms with Gasteiger partial charge in [-0.15, -0.1) is 0 Å². The number of carbonyl (C=O) groups is 2. The van der Waals surface area contributed by atoms with Crippen LogP contribution in [0.2, 0.25) is 0 Å². The van der Waals surface area contributed by atoms with Crippen molar-refractivity contribution in [2.75, 3.05) is 11.9 Å². The minimum Gasteiger partial charge on any atom is -0.494 e. The van der Waals surface area contributed by atoms with E-state index in [0.717, 1.165) is 31.1 Å². The van der Waals surface area contributed by atoms with Crippen molar-refractivity contribution in [2.45, 2.75) is 19.3 Å². The highest BCUT2D eigenvalue weighted by molar-refractivity contribution is 6.05. The van der Waals surface area contributed by atoms with E-state index in [2.05, 4.69) is 29.6 Å². The number of carboxylic acids is 1. The lowest BCUT2D eigenvalue weighted by Crippen LogP contribution is -2.12. The molecule has 5 nitrogen and oxygen atoms in total. The second kappa shape index (κ2) is 11.4. The molecule has 0 fully saturated rings. The Morgan fingerprint density at radius 1 is 0.871 bits per heavy atom. The fourth-order valence-electron chi connectivity index (χ4n) is 3.08. The first-order valence-corrected chi connectivity index (χ1v) is 10.2. The van der Waals surface area contributed by atoms with Crippen LogP contribution >= 0.6 is 0 Å². The lowest BCUT2D eigenvalue weighted by molar-refractivity contribution is -0.131. The summed E-state index contributed by atoms with van der Waals surface area (Å²) in [4.78, 5) is 23.3. The average Bonchev–Trinajstić information content (AvgIpc) is 2.79. The van der Waals surface area contributed by atoms with Gasteiger partial charge in [0, 0.05) is 17.3 Å². The fraction of sp³-hybridized carbons (Fsp3) is 0.154. The maximum absolute atomic E-state index is 12.6. The molecular weight excluding hydrogens is 390 g/mol. The number of anilines is 1. The summed E-state index contributed by atoms with van der Waals surface area (Å²) in [6.45, 7) is 0.627. The summed E-state index contributed by atoms with van der Waals surface area (Å²) in [7, 11) is 0. The number of hydrogen-bond acceptors (Lipinski definition) is 3. The molecule has 0 bridgehead atoms. The van der Waals surface area contributed by atoms with Gasteiger partial charge in [-0.25, -0.2) is 4.79 Å². The topological polar surface area (TPSA) is 75.6 Å². The normalized spacial score (nSPS) is 10.7. The number of unbranched alkanes of at least 4 members (excludes halogenated alkanes) is 1. The van der Waals surface area contributed by atoms with Gasteiger partial charge in [-0.1, -0.05) is 48.5 Å². The number of hydrogen-bond donors (Lipinski definition) is 2. The summed E-state index contributed by atoms with van der Waals surface area (Å²) in [6, 6.07) is 24.4. The van der Waals surface area contributed by atoms with E-state index >= 15 is 0 Å². The first-order chi connectivity index (χ1) is 15.1. The Morgan fingerprint density at radius 3 is 2.32 bits per heavy atom. The van der Waals surface area contributed by atoms with Crippen LogP contribution in [-0.2, 0) is 11.2 Å². The van der Waals surface area contributed by atoms with Crippen LogP contribution in [0.5, 0.6) is 5.75 Å². The third-order valence-corrected chi connectivity index (χ3v) is 4.70. The molecule has 2 N–H and O–H groups in total. The molecule has 3 rings (SSSR count). The Morgan fingerprint density at radius 2 is 1.58 bits per heavy atom. The minimum absolute atomic E-state index is 0.273. The van der Waals surface area contributed by atoms with Gasteiger partial charge in [0.25, 0.3) is 5.91 Å². The molecule has 31 heavy (non-hydrogen) atoms. The van der Waals surface area contributed by atoms with Crippen molar-refractivity contribution in [3.8, 4) is 5.75 Å². The Bertz CT molecular complexity index is 1030. The van der Waals surface area contributed by atoms with Gasteiger partial charge in [0.05, 0.1) is 6.61 Å². The smallest absolute Gasteiger partial charge is 0.328 e. The van der Waals surface area contributed by atoms with Crippen LogP contribution in [0.25, 0.3) is 6.08 Å². The van der Waals surface area contributed by atoms with Crippen molar-refractivity contribution in [3.63, 3.8) is 0 Å². The number of carboxylic acid groups (broad SMARTS) is 1. The molecule has 3 aromatic carbocycles. The zero-order valence-corrected chi connectivity index (χ0v) is 17.2. The summed E-state index contributed by atoms with van der Waals surface area (Å²) >= 11 is 0. The number of rotatable bonds is 10. The summed E-state index contributed by atoms with van der Waals surface area (Å²) in [6.07, 6.45) is 5.54. The van der Waals surface area contributed by atoms with Gasteiger partial charge in [-0.3, -0.25) is 4.79 Å².